The highest BCUT2D eigenvalue weighted by molar-refractivity contribution is 7.20. The molecule has 0 unspecified atom stereocenters. The van der Waals surface area contributed by atoms with Crippen LogP contribution in [0.15, 0.2) is 42.7 Å². The van der Waals surface area contributed by atoms with E-state index in [1.54, 1.807) is 49.8 Å². The van der Waals surface area contributed by atoms with Gasteiger partial charge in [-0.15, -0.1) is 11.3 Å². The summed E-state index contributed by atoms with van der Waals surface area (Å²) >= 11 is 1.17. The molecule has 3 rings (SSSR count). The van der Waals surface area contributed by atoms with E-state index in [1.165, 1.54) is 11.3 Å². The number of carboxylic acid groups (broad SMARTS) is 1. The standard InChI is InChI=1S/C15H11NO4S/c1-19-9-2-4-10(5-3-9)20-12-7-16-8-14-11(12)6-13(21-14)15(17)18/h2-8H,1H3,(H,17,18). The third-order valence-electron chi connectivity index (χ3n) is 2.91. The number of hydrogen-bond donors (Lipinski definition) is 1. The molecule has 1 aromatic carbocycles. The van der Waals surface area contributed by atoms with Crippen LogP contribution >= 0.6 is 11.3 Å². The van der Waals surface area contributed by atoms with Gasteiger partial charge in [0.1, 0.15) is 16.4 Å². The van der Waals surface area contributed by atoms with E-state index in [9.17, 15) is 4.79 Å². The maximum atomic E-state index is 11.0. The van der Waals surface area contributed by atoms with E-state index in [-0.39, 0.29) is 4.88 Å². The predicted molar refractivity (Wildman–Crippen MR) is 79.6 cm³/mol. The molecule has 0 radical (unpaired) electrons. The number of methoxy groups -OCH3 is 1. The molecule has 6 heteroatoms. The normalized spacial score (nSPS) is 10.5. The molecule has 0 amide bonds. The van der Waals surface area contributed by atoms with Crippen molar-refractivity contribution in [3.05, 3.63) is 47.6 Å². The number of aromatic carboxylic acids is 1. The van der Waals surface area contributed by atoms with Crippen molar-refractivity contribution < 1.29 is 19.4 Å². The summed E-state index contributed by atoms with van der Waals surface area (Å²) < 4.78 is 11.6. The zero-order valence-corrected chi connectivity index (χ0v) is 11.9. The molecule has 3 aromatic rings. The van der Waals surface area contributed by atoms with Gasteiger partial charge in [-0.1, -0.05) is 0 Å². The minimum atomic E-state index is -0.952. The highest BCUT2D eigenvalue weighted by Crippen LogP contribution is 2.34. The number of ether oxygens (including phenoxy) is 2. The molecule has 0 spiro atoms. The van der Waals surface area contributed by atoms with Crippen molar-refractivity contribution in [3.8, 4) is 17.2 Å². The monoisotopic (exact) mass is 301 g/mol. The van der Waals surface area contributed by atoms with Crippen molar-refractivity contribution >= 4 is 27.4 Å². The molecular weight excluding hydrogens is 290 g/mol. The minimum Gasteiger partial charge on any atom is -0.497 e. The molecule has 106 valence electrons. The SMILES string of the molecule is COc1ccc(Oc2cncc3sc(C(=O)O)cc23)cc1. The molecule has 0 saturated carbocycles. The lowest BCUT2D eigenvalue weighted by Crippen LogP contribution is -1.90. The van der Waals surface area contributed by atoms with E-state index in [4.69, 9.17) is 14.6 Å². The molecule has 2 aromatic heterocycles. The molecule has 0 saturated heterocycles. The second-order valence-electron chi connectivity index (χ2n) is 4.24. The van der Waals surface area contributed by atoms with Gasteiger partial charge < -0.3 is 14.6 Å². The van der Waals surface area contributed by atoms with Crippen molar-refractivity contribution in [1.29, 1.82) is 0 Å². The summed E-state index contributed by atoms with van der Waals surface area (Å²) in [5, 5.41) is 9.80. The molecule has 0 aliphatic rings. The van der Waals surface area contributed by atoms with Gasteiger partial charge in [0.2, 0.25) is 0 Å². The molecule has 2 heterocycles. The first-order valence-electron chi connectivity index (χ1n) is 6.10. The second-order valence-corrected chi connectivity index (χ2v) is 5.33. The van der Waals surface area contributed by atoms with Crippen molar-refractivity contribution in [2.24, 2.45) is 0 Å². The van der Waals surface area contributed by atoms with E-state index >= 15 is 0 Å². The Balaban J connectivity index is 1.97. The van der Waals surface area contributed by atoms with Crippen LogP contribution in [0, 0.1) is 0 Å². The van der Waals surface area contributed by atoms with Gasteiger partial charge in [-0.25, -0.2) is 4.79 Å². The number of hydrogen-bond acceptors (Lipinski definition) is 5. The minimum absolute atomic E-state index is 0.262. The number of aromatic nitrogens is 1. The van der Waals surface area contributed by atoms with E-state index in [1.807, 2.05) is 0 Å². The van der Waals surface area contributed by atoms with Crippen LogP contribution in [0.4, 0.5) is 0 Å². The van der Waals surface area contributed by atoms with Crippen molar-refractivity contribution in [1.82, 2.24) is 4.98 Å². The smallest absolute Gasteiger partial charge is 0.345 e. The number of thiophene rings is 1. The second kappa shape index (κ2) is 5.41. The lowest BCUT2D eigenvalue weighted by atomic mass is 10.3. The first-order chi connectivity index (χ1) is 10.2. The molecule has 5 nitrogen and oxygen atoms in total. The van der Waals surface area contributed by atoms with Crippen LogP contribution < -0.4 is 9.47 Å². The zero-order valence-electron chi connectivity index (χ0n) is 11.1. The molecule has 0 fully saturated rings. The number of rotatable bonds is 4. The Morgan fingerprint density at radius 2 is 1.90 bits per heavy atom. The van der Waals surface area contributed by atoms with Crippen LogP contribution in [0.3, 0.4) is 0 Å². The first-order valence-corrected chi connectivity index (χ1v) is 6.92. The molecule has 0 atom stereocenters. The van der Waals surface area contributed by atoms with Crippen LogP contribution in [0.1, 0.15) is 9.67 Å². The highest BCUT2D eigenvalue weighted by Gasteiger charge is 2.12. The largest absolute Gasteiger partial charge is 0.497 e. The Labute approximate surface area is 124 Å². The molecule has 0 aliphatic heterocycles. The van der Waals surface area contributed by atoms with Gasteiger partial charge in [0.05, 0.1) is 18.0 Å². The Hall–Kier alpha value is -2.60. The average molecular weight is 301 g/mol. The summed E-state index contributed by atoms with van der Waals surface area (Å²) in [4.78, 5) is 15.4. The topological polar surface area (TPSA) is 68.7 Å². The van der Waals surface area contributed by atoms with Crippen molar-refractivity contribution in [2.75, 3.05) is 7.11 Å². The fourth-order valence-electron chi connectivity index (χ4n) is 1.89. The van der Waals surface area contributed by atoms with Gasteiger partial charge in [-0.2, -0.15) is 0 Å². The van der Waals surface area contributed by atoms with E-state index < -0.39 is 5.97 Å². The molecule has 21 heavy (non-hydrogen) atoms. The summed E-state index contributed by atoms with van der Waals surface area (Å²) in [5.74, 6) is 0.948. The quantitative estimate of drug-likeness (QED) is 0.794. The lowest BCUT2D eigenvalue weighted by Gasteiger charge is -2.07. The van der Waals surface area contributed by atoms with Crippen LogP contribution in [0.2, 0.25) is 0 Å². The van der Waals surface area contributed by atoms with Crippen LogP contribution in [-0.4, -0.2) is 23.2 Å². The maximum absolute atomic E-state index is 11.0. The molecular formula is C15H11NO4S. The molecule has 0 aliphatic carbocycles. The Kier molecular flexibility index (Phi) is 3.45. The Bertz CT molecular complexity index is 795. The highest BCUT2D eigenvalue weighted by atomic mass is 32.1. The molecule has 0 bridgehead atoms. The number of carboxylic acids is 1. The summed E-state index contributed by atoms with van der Waals surface area (Å²) in [6.07, 6.45) is 3.21. The third-order valence-corrected chi connectivity index (χ3v) is 3.97. The van der Waals surface area contributed by atoms with E-state index in [2.05, 4.69) is 4.98 Å². The van der Waals surface area contributed by atoms with Crippen LogP contribution in [-0.2, 0) is 0 Å². The van der Waals surface area contributed by atoms with Gasteiger partial charge in [0.15, 0.2) is 5.75 Å². The summed E-state index contributed by atoms with van der Waals surface area (Å²) in [6.45, 7) is 0. The van der Waals surface area contributed by atoms with Gasteiger partial charge in [-0.3, -0.25) is 4.98 Å². The average Bonchev–Trinajstić information content (AvgIpc) is 2.93. The van der Waals surface area contributed by atoms with Gasteiger partial charge in [0, 0.05) is 11.6 Å². The third kappa shape index (κ3) is 2.66. The predicted octanol–water partition coefficient (Wildman–Crippen LogP) is 3.80. The summed E-state index contributed by atoms with van der Waals surface area (Å²) in [5.41, 5.74) is 0. The van der Waals surface area contributed by atoms with Crippen molar-refractivity contribution in [3.63, 3.8) is 0 Å². The van der Waals surface area contributed by atoms with Gasteiger partial charge >= 0.3 is 5.97 Å². The lowest BCUT2D eigenvalue weighted by molar-refractivity contribution is 0.0702. The number of benzene rings is 1. The summed E-state index contributed by atoms with van der Waals surface area (Å²) in [6, 6.07) is 8.74. The fourth-order valence-corrected chi connectivity index (χ4v) is 2.78. The fraction of sp³-hybridized carbons (Fsp3) is 0.0667. The van der Waals surface area contributed by atoms with Crippen LogP contribution in [0.25, 0.3) is 10.1 Å². The van der Waals surface area contributed by atoms with Gasteiger partial charge in [-0.05, 0) is 30.3 Å². The van der Waals surface area contributed by atoms with Crippen molar-refractivity contribution in [2.45, 2.75) is 0 Å². The zero-order chi connectivity index (χ0) is 14.8. The summed E-state index contributed by atoms with van der Waals surface area (Å²) in [7, 11) is 1.60. The molecule has 1 N–H and O–H groups in total. The number of carbonyl (C=O) groups is 1. The number of nitrogens with zero attached hydrogens (tertiary/aromatic N) is 1. The Morgan fingerprint density at radius 1 is 1.19 bits per heavy atom. The van der Waals surface area contributed by atoms with Crippen LogP contribution in [0.5, 0.6) is 17.2 Å². The maximum Gasteiger partial charge on any atom is 0.345 e. The van der Waals surface area contributed by atoms with E-state index in [0.29, 0.717) is 11.5 Å². The Morgan fingerprint density at radius 3 is 2.57 bits per heavy atom. The van der Waals surface area contributed by atoms with Gasteiger partial charge in [0.25, 0.3) is 0 Å². The number of fused-ring (bicyclic) bond motifs is 1. The number of pyridine rings is 1. The van der Waals surface area contributed by atoms with E-state index in [0.717, 1.165) is 15.8 Å². The first kappa shape index (κ1) is 13.4.